The molecule has 0 bridgehead atoms. The largest absolute Gasteiger partial charge is 0.382 e. The van der Waals surface area contributed by atoms with Crippen LogP contribution in [-0.4, -0.2) is 24.2 Å². The van der Waals surface area contributed by atoms with Crippen LogP contribution < -0.4 is 5.32 Å². The highest BCUT2D eigenvalue weighted by Gasteiger charge is 2.22. The standard InChI is InChI=1S/C15H22N2O3/c1-10-9-15(17(18)19)11(2)8-14(10)16-12-4-6-13(20-3)7-5-12/h8-9,12-13,16H,4-7H2,1-3H3. The van der Waals surface area contributed by atoms with E-state index in [1.165, 1.54) is 0 Å². The highest BCUT2D eigenvalue weighted by atomic mass is 16.6. The topological polar surface area (TPSA) is 64.4 Å². The molecule has 1 fully saturated rings. The highest BCUT2D eigenvalue weighted by Crippen LogP contribution is 2.29. The van der Waals surface area contributed by atoms with Crippen LogP contribution in [0.4, 0.5) is 11.4 Å². The van der Waals surface area contributed by atoms with E-state index in [4.69, 9.17) is 4.74 Å². The van der Waals surface area contributed by atoms with Gasteiger partial charge in [-0.15, -0.1) is 0 Å². The Morgan fingerprint density at radius 2 is 1.85 bits per heavy atom. The van der Waals surface area contributed by atoms with Crippen LogP contribution in [0.25, 0.3) is 0 Å². The average Bonchev–Trinajstić information content (AvgIpc) is 2.43. The molecule has 110 valence electrons. The maximum Gasteiger partial charge on any atom is 0.272 e. The Balaban J connectivity index is 2.07. The number of benzene rings is 1. The summed E-state index contributed by atoms with van der Waals surface area (Å²) in [6.45, 7) is 3.69. The lowest BCUT2D eigenvalue weighted by Gasteiger charge is -2.29. The molecule has 0 spiro atoms. The number of nitro groups is 1. The second kappa shape index (κ2) is 6.22. The van der Waals surface area contributed by atoms with Crippen LogP contribution in [0.3, 0.4) is 0 Å². The quantitative estimate of drug-likeness (QED) is 0.675. The third-order valence-electron chi connectivity index (χ3n) is 4.11. The molecular weight excluding hydrogens is 256 g/mol. The van der Waals surface area contributed by atoms with Crippen molar-refractivity contribution in [1.29, 1.82) is 0 Å². The number of hydrogen-bond acceptors (Lipinski definition) is 4. The Labute approximate surface area is 119 Å². The summed E-state index contributed by atoms with van der Waals surface area (Å²) < 4.78 is 5.37. The highest BCUT2D eigenvalue weighted by molar-refractivity contribution is 5.59. The van der Waals surface area contributed by atoms with Crippen LogP contribution in [-0.2, 0) is 4.74 Å². The molecule has 0 aliphatic heterocycles. The molecule has 0 saturated heterocycles. The zero-order valence-electron chi connectivity index (χ0n) is 12.3. The fourth-order valence-electron chi connectivity index (χ4n) is 2.82. The van der Waals surface area contributed by atoms with E-state index in [0.29, 0.717) is 17.7 Å². The van der Waals surface area contributed by atoms with Crippen molar-refractivity contribution in [2.75, 3.05) is 12.4 Å². The van der Waals surface area contributed by atoms with E-state index >= 15 is 0 Å². The number of hydrogen-bond donors (Lipinski definition) is 1. The average molecular weight is 278 g/mol. The van der Waals surface area contributed by atoms with Crippen molar-refractivity contribution in [2.45, 2.75) is 51.7 Å². The summed E-state index contributed by atoms with van der Waals surface area (Å²) >= 11 is 0. The van der Waals surface area contributed by atoms with Crippen molar-refractivity contribution in [3.8, 4) is 0 Å². The molecule has 20 heavy (non-hydrogen) atoms. The van der Waals surface area contributed by atoms with Crippen molar-refractivity contribution >= 4 is 11.4 Å². The number of nitro benzene ring substituents is 1. The van der Waals surface area contributed by atoms with Gasteiger partial charge in [-0.1, -0.05) is 0 Å². The van der Waals surface area contributed by atoms with Crippen molar-refractivity contribution < 1.29 is 9.66 Å². The lowest BCUT2D eigenvalue weighted by molar-refractivity contribution is -0.385. The van der Waals surface area contributed by atoms with Gasteiger partial charge in [-0.3, -0.25) is 10.1 Å². The zero-order valence-corrected chi connectivity index (χ0v) is 12.3. The summed E-state index contributed by atoms with van der Waals surface area (Å²) in [4.78, 5) is 10.6. The Hall–Kier alpha value is -1.62. The number of nitrogens with zero attached hydrogens (tertiary/aromatic N) is 1. The molecule has 1 aliphatic rings. The number of nitrogens with one attached hydrogen (secondary N) is 1. The van der Waals surface area contributed by atoms with E-state index in [-0.39, 0.29) is 10.6 Å². The monoisotopic (exact) mass is 278 g/mol. The number of ether oxygens (including phenoxy) is 1. The van der Waals surface area contributed by atoms with Crippen LogP contribution >= 0.6 is 0 Å². The van der Waals surface area contributed by atoms with E-state index in [2.05, 4.69) is 5.32 Å². The second-order valence-electron chi connectivity index (χ2n) is 5.56. The molecule has 5 heteroatoms. The third-order valence-corrected chi connectivity index (χ3v) is 4.11. The summed E-state index contributed by atoms with van der Waals surface area (Å²) in [5, 5.41) is 14.4. The lowest BCUT2D eigenvalue weighted by Crippen LogP contribution is -2.29. The summed E-state index contributed by atoms with van der Waals surface area (Å²) in [5.74, 6) is 0. The van der Waals surface area contributed by atoms with Crippen LogP contribution in [0.2, 0.25) is 0 Å². The molecule has 0 unspecified atom stereocenters. The van der Waals surface area contributed by atoms with E-state index < -0.39 is 0 Å². The van der Waals surface area contributed by atoms with Crippen LogP contribution in [0.15, 0.2) is 12.1 Å². The number of aryl methyl sites for hydroxylation is 2. The van der Waals surface area contributed by atoms with Crippen molar-refractivity contribution in [3.63, 3.8) is 0 Å². The number of rotatable bonds is 4. The minimum atomic E-state index is -0.324. The normalized spacial score (nSPS) is 22.6. The van der Waals surface area contributed by atoms with Crippen molar-refractivity contribution in [1.82, 2.24) is 0 Å². The van der Waals surface area contributed by atoms with E-state index in [0.717, 1.165) is 36.9 Å². The van der Waals surface area contributed by atoms with Gasteiger partial charge in [0.25, 0.3) is 5.69 Å². The molecule has 2 rings (SSSR count). The molecule has 1 aromatic rings. The maximum atomic E-state index is 10.9. The molecule has 1 saturated carbocycles. The van der Waals surface area contributed by atoms with Gasteiger partial charge in [0.1, 0.15) is 0 Å². The van der Waals surface area contributed by atoms with Gasteiger partial charge in [0.15, 0.2) is 0 Å². The lowest BCUT2D eigenvalue weighted by atomic mass is 9.92. The van der Waals surface area contributed by atoms with Crippen molar-refractivity contribution in [2.24, 2.45) is 0 Å². The molecule has 1 aliphatic carbocycles. The van der Waals surface area contributed by atoms with Gasteiger partial charge >= 0.3 is 0 Å². The SMILES string of the molecule is COC1CCC(Nc2cc(C)c([N+](=O)[O-])cc2C)CC1. The molecule has 0 aromatic heterocycles. The number of anilines is 1. The zero-order chi connectivity index (χ0) is 14.7. The molecule has 1 aromatic carbocycles. The van der Waals surface area contributed by atoms with Gasteiger partial charge in [0, 0.05) is 30.5 Å². The minimum absolute atomic E-state index is 0.191. The van der Waals surface area contributed by atoms with Crippen LogP contribution in [0.5, 0.6) is 0 Å². The van der Waals surface area contributed by atoms with E-state index in [9.17, 15) is 10.1 Å². The summed E-state index contributed by atoms with van der Waals surface area (Å²) in [7, 11) is 1.77. The van der Waals surface area contributed by atoms with E-state index in [1.807, 2.05) is 13.0 Å². The first-order valence-electron chi connectivity index (χ1n) is 7.06. The number of methoxy groups -OCH3 is 1. The predicted octanol–water partition coefficient (Wildman–Crippen LogP) is 3.58. The maximum absolute atomic E-state index is 10.9. The summed E-state index contributed by atoms with van der Waals surface area (Å²) in [5.41, 5.74) is 2.83. The Kier molecular flexibility index (Phi) is 4.60. The molecule has 0 radical (unpaired) electrons. The van der Waals surface area contributed by atoms with Gasteiger partial charge in [-0.05, 0) is 51.2 Å². The van der Waals surface area contributed by atoms with Gasteiger partial charge in [0.2, 0.25) is 0 Å². The van der Waals surface area contributed by atoms with Crippen LogP contribution in [0, 0.1) is 24.0 Å². The first-order chi connectivity index (χ1) is 9.51. The predicted molar refractivity (Wildman–Crippen MR) is 79.2 cm³/mol. The Bertz CT molecular complexity index is 494. The van der Waals surface area contributed by atoms with Crippen LogP contribution in [0.1, 0.15) is 36.8 Å². The molecule has 5 nitrogen and oxygen atoms in total. The summed E-state index contributed by atoms with van der Waals surface area (Å²) in [6, 6.07) is 3.97. The molecule has 0 atom stereocenters. The van der Waals surface area contributed by atoms with Gasteiger partial charge in [0.05, 0.1) is 11.0 Å². The van der Waals surface area contributed by atoms with Gasteiger partial charge in [-0.25, -0.2) is 0 Å². The Morgan fingerprint density at radius 3 is 2.40 bits per heavy atom. The fourth-order valence-corrected chi connectivity index (χ4v) is 2.82. The first kappa shape index (κ1) is 14.8. The van der Waals surface area contributed by atoms with Gasteiger partial charge < -0.3 is 10.1 Å². The van der Waals surface area contributed by atoms with E-state index in [1.54, 1.807) is 20.1 Å². The molecule has 1 N–H and O–H groups in total. The minimum Gasteiger partial charge on any atom is -0.382 e. The Morgan fingerprint density at radius 1 is 1.20 bits per heavy atom. The first-order valence-corrected chi connectivity index (χ1v) is 7.06. The third kappa shape index (κ3) is 3.28. The molecule has 0 amide bonds. The van der Waals surface area contributed by atoms with Crippen molar-refractivity contribution in [3.05, 3.63) is 33.4 Å². The molecular formula is C15H22N2O3. The van der Waals surface area contributed by atoms with Gasteiger partial charge in [-0.2, -0.15) is 0 Å². The summed E-state index contributed by atoms with van der Waals surface area (Å²) in [6.07, 6.45) is 4.67. The fraction of sp³-hybridized carbons (Fsp3) is 0.600. The smallest absolute Gasteiger partial charge is 0.272 e. The molecule has 0 heterocycles. The second-order valence-corrected chi connectivity index (χ2v) is 5.56.